The summed E-state index contributed by atoms with van der Waals surface area (Å²) in [6.45, 7) is 13.3. The van der Waals surface area contributed by atoms with Gasteiger partial charge in [0.25, 0.3) is 5.91 Å². The third-order valence-electron chi connectivity index (χ3n) is 3.75. The molecule has 4 nitrogen and oxygen atoms in total. The van der Waals surface area contributed by atoms with Crippen molar-refractivity contribution < 1.29 is 9.53 Å². The van der Waals surface area contributed by atoms with Gasteiger partial charge in [-0.3, -0.25) is 9.69 Å². The molecular weight excluding hydrogens is 276 g/mol. The first-order valence-corrected chi connectivity index (χ1v) is 8.17. The van der Waals surface area contributed by atoms with Gasteiger partial charge in [-0.2, -0.15) is 0 Å². The van der Waals surface area contributed by atoms with E-state index in [0.717, 1.165) is 18.8 Å². The average molecular weight is 306 g/mol. The molecule has 1 aromatic rings. The Morgan fingerprint density at radius 1 is 1.27 bits per heavy atom. The van der Waals surface area contributed by atoms with Gasteiger partial charge >= 0.3 is 0 Å². The second-order valence-electron chi connectivity index (χ2n) is 6.09. The highest BCUT2D eigenvalue weighted by molar-refractivity contribution is 5.77. The zero-order valence-electron chi connectivity index (χ0n) is 14.6. The fourth-order valence-corrected chi connectivity index (χ4v) is 2.28. The van der Waals surface area contributed by atoms with Crippen LogP contribution in [0.15, 0.2) is 24.3 Å². The minimum Gasteiger partial charge on any atom is -0.484 e. The molecule has 0 spiro atoms. The molecule has 0 unspecified atom stereocenters. The maximum Gasteiger partial charge on any atom is 0.257 e. The molecule has 0 aliphatic rings. The van der Waals surface area contributed by atoms with Crippen molar-refractivity contribution >= 4 is 5.91 Å². The van der Waals surface area contributed by atoms with Gasteiger partial charge in [-0.05, 0) is 44.0 Å². The summed E-state index contributed by atoms with van der Waals surface area (Å²) in [5.74, 6) is 1.13. The van der Waals surface area contributed by atoms with Gasteiger partial charge in [0, 0.05) is 19.1 Å². The molecule has 0 atom stereocenters. The first kappa shape index (κ1) is 18.5. The zero-order chi connectivity index (χ0) is 16.5. The van der Waals surface area contributed by atoms with Crippen LogP contribution in [0.2, 0.25) is 0 Å². The minimum absolute atomic E-state index is 0.0648. The fourth-order valence-electron chi connectivity index (χ4n) is 2.28. The second-order valence-corrected chi connectivity index (χ2v) is 6.09. The van der Waals surface area contributed by atoms with Crippen molar-refractivity contribution in [1.29, 1.82) is 0 Å². The quantitative estimate of drug-likeness (QED) is 0.762. The van der Waals surface area contributed by atoms with E-state index >= 15 is 0 Å². The third-order valence-corrected chi connectivity index (χ3v) is 3.75. The first-order valence-electron chi connectivity index (χ1n) is 8.17. The number of ether oxygens (including phenoxy) is 1. The minimum atomic E-state index is -0.0743. The van der Waals surface area contributed by atoms with E-state index in [1.54, 1.807) is 0 Å². The van der Waals surface area contributed by atoms with Gasteiger partial charge in [-0.1, -0.05) is 32.9 Å². The molecule has 1 aromatic carbocycles. The van der Waals surface area contributed by atoms with Gasteiger partial charge in [0.2, 0.25) is 0 Å². The molecule has 0 heterocycles. The van der Waals surface area contributed by atoms with Crippen molar-refractivity contribution in [3.05, 3.63) is 29.8 Å². The normalized spacial score (nSPS) is 11.3. The van der Waals surface area contributed by atoms with E-state index in [4.69, 9.17) is 4.74 Å². The van der Waals surface area contributed by atoms with E-state index in [1.165, 1.54) is 5.56 Å². The summed E-state index contributed by atoms with van der Waals surface area (Å²) in [5.41, 5.74) is 1.22. The lowest BCUT2D eigenvalue weighted by molar-refractivity contribution is -0.123. The molecule has 0 aromatic heterocycles. The lowest BCUT2D eigenvalue weighted by Crippen LogP contribution is -2.39. The van der Waals surface area contributed by atoms with Gasteiger partial charge in [0.15, 0.2) is 6.61 Å². The lowest BCUT2D eigenvalue weighted by atomic mass is 10.0. The third kappa shape index (κ3) is 6.48. The van der Waals surface area contributed by atoms with Crippen LogP contribution in [0, 0.1) is 0 Å². The number of hydrogen-bond donors (Lipinski definition) is 1. The molecule has 4 heteroatoms. The summed E-state index contributed by atoms with van der Waals surface area (Å²) in [5, 5.41) is 2.90. The van der Waals surface area contributed by atoms with E-state index in [0.29, 0.717) is 18.5 Å². The maximum atomic E-state index is 11.8. The number of amides is 1. The molecule has 0 radical (unpaired) electrons. The van der Waals surface area contributed by atoms with Crippen molar-refractivity contribution in [2.45, 2.75) is 46.6 Å². The van der Waals surface area contributed by atoms with Crippen LogP contribution in [0.3, 0.4) is 0 Å². The molecular formula is C18H30N2O2. The molecule has 0 saturated heterocycles. The number of nitrogens with one attached hydrogen (secondary N) is 1. The van der Waals surface area contributed by atoms with Crippen LogP contribution < -0.4 is 10.1 Å². The average Bonchev–Trinajstić information content (AvgIpc) is 2.49. The second kappa shape index (κ2) is 9.46. The standard InChI is InChI=1S/C18H30N2O2/c1-6-20(15(4)5)11-10-19-18(21)13-22-17-9-7-8-16(12-17)14(2)3/h7-9,12,14-15H,6,10-11,13H2,1-5H3,(H,19,21). The smallest absolute Gasteiger partial charge is 0.257 e. The van der Waals surface area contributed by atoms with Gasteiger partial charge in [-0.25, -0.2) is 0 Å². The van der Waals surface area contributed by atoms with Gasteiger partial charge in [0.05, 0.1) is 0 Å². The highest BCUT2D eigenvalue weighted by Crippen LogP contribution is 2.19. The van der Waals surface area contributed by atoms with Crippen molar-refractivity contribution in [3.63, 3.8) is 0 Å². The summed E-state index contributed by atoms with van der Waals surface area (Å²) < 4.78 is 5.56. The van der Waals surface area contributed by atoms with Crippen molar-refractivity contribution in [2.24, 2.45) is 0 Å². The van der Waals surface area contributed by atoms with Crippen LogP contribution in [0.5, 0.6) is 5.75 Å². The maximum absolute atomic E-state index is 11.8. The highest BCUT2D eigenvalue weighted by Gasteiger charge is 2.08. The van der Waals surface area contributed by atoms with Gasteiger partial charge < -0.3 is 10.1 Å². The topological polar surface area (TPSA) is 41.6 Å². The van der Waals surface area contributed by atoms with E-state index in [1.807, 2.05) is 18.2 Å². The monoisotopic (exact) mass is 306 g/mol. The lowest BCUT2D eigenvalue weighted by Gasteiger charge is -2.24. The first-order chi connectivity index (χ1) is 10.4. The number of rotatable bonds is 9. The Bertz CT molecular complexity index is 458. The molecule has 0 saturated carbocycles. The fraction of sp³-hybridized carbons (Fsp3) is 0.611. The Labute approximate surface area is 134 Å². The largest absolute Gasteiger partial charge is 0.484 e. The molecule has 124 valence electrons. The summed E-state index contributed by atoms with van der Waals surface area (Å²) in [7, 11) is 0. The SMILES string of the molecule is CCN(CCNC(=O)COc1cccc(C(C)C)c1)C(C)C. The predicted octanol–water partition coefficient (Wildman–Crippen LogP) is 3.04. The summed E-state index contributed by atoms with van der Waals surface area (Å²) in [6, 6.07) is 8.41. The van der Waals surface area contributed by atoms with E-state index in [9.17, 15) is 4.79 Å². The van der Waals surface area contributed by atoms with Crippen molar-refractivity contribution in [3.8, 4) is 5.75 Å². The molecule has 0 aliphatic heterocycles. The van der Waals surface area contributed by atoms with Crippen LogP contribution >= 0.6 is 0 Å². The van der Waals surface area contributed by atoms with E-state index in [-0.39, 0.29) is 12.5 Å². The highest BCUT2D eigenvalue weighted by atomic mass is 16.5. The zero-order valence-corrected chi connectivity index (χ0v) is 14.6. The Morgan fingerprint density at radius 2 is 2.00 bits per heavy atom. The number of hydrogen-bond acceptors (Lipinski definition) is 3. The molecule has 0 aliphatic carbocycles. The van der Waals surface area contributed by atoms with Crippen LogP contribution in [0.4, 0.5) is 0 Å². The van der Waals surface area contributed by atoms with Crippen LogP contribution in [-0.4, -0.2) is 43.1 Å². The molecule has 0 fully saturated rings. The number of likely N-dealkylation sites (N-methyl/N-ethyl adjacent to an activating group) is 1. The Hall–Kier alpha value is -1.55. The summed E-state index contributed by atoms with van der Waals surface area (Å²) in [6.07, 6.45) is 0. The van der Waals surface area contributed by atoms with E-state index < -0.39 is 0 Å². The molecule has 1 rings (SSSR count). The van der Waals surface area contributed by atoms with Crippen LogP contribution in [0.25, 0.3) is 0 Å². The number of carbonyl (C=O) groups is 1. The molecule has 22 heavy (non-hydrogen) atoms. The van der Waals surface area contributed by atoms with Gasteiger partial charge in [-0.15, -0.1) is 0 Å². The Balaban J connectivity index is 2.33. The number of benzene rings is 1. The van der Waals surface area contributed by atoms with Crippen molar-refractivity contribution in [1.82, 2.24) is 10.2 Å². The Kier molecular flexibility index (Phi) is 7.96. The van der Waals surface area contributed by atoms with Crippen LogP contribution in [0.1, 0.15) is 46.1 Å². The number of nitrogens with zero attached hydrogens (tertiary/aromatic N) is 1. The van der Waals surface area contributed by atoms with Crippen molar-refractivity contribution in [2.75, 3.05) is 26.2 Å². The van der Waals surface area contributed by atoms with Gasteiger partial charge in [0.1, 0.15) is 5.75 Å². The summed E-state index contributed by atoms with van der Waals surface area (Å²) in [4.78, 5) is 14.1. The molecule has 1 amide bonds. The number of carbonyl (C=O) groups excluding carboxylic acids is 1. The predicted molar refractivity (Wildman–Crippen MR) is 91.4 cm³/mol. The van der Waals surface area contributed by atoms with Crippen LogP contribution in [-0.2, 0) is 4.79 Å². The molecule has 0 bridgehead atoms. The summed E-state index contributed by atoms with van der Waals surface area (Å²) >= 11 is 0. The van der Waals surface area contributed by atoms with E-state index in [2.05, 4.69) is 50.9 Å². The Morgan fingerprint density at radius 3 is 2.59 bits per heavy atom. The molecule has 1 N–H and O–H groups in total.